The summed E-state index contributed by atoms with van der Waals surface area (Å²) in [6.45, 7) is 3.58. The zero-order valence-electron chi connectivity index (χ0n) is 13.9. The fourth-order valence-corrected chi connectivity index (χ4v) is 3.50. The summed E-state index contributed by atoms with van der Waals surface area (Å²) in [5, 5.41) is 3.82. The Labute approximate surface area is 163 Å². The Kier molecular flexibility index (Phi) is 5.46. The van der Waals surface area contributed by atoms with Gasteiger partial charge in [-0.3, -0.25) is 10.1 Å². The van der Waals surface area contributed by atoms with Gasteiger partial charge in [0.25, 0.3) is 5.91 Å². The molecule has 0 atom stereocenters. The number of esters is 1. The van der Waals surface area contributed by atoms with Crippen LogP contribution in [0.1, 0.15) is 34.6 Å². The second-order valence-corrected chi connectivity index (χ2v) is 7.61. The summed E-state index contributed by atoms with van der Waals surface area (Å²) in [7, 11) is 0. The molecule has 0 aliphatic heterocycles. The molecule has 2 aromatic carbocycles. The van der Waals surface area contributed by atoms with Crippen LogP contribution in [0.5, 0.6) is 0 Å². The molecule has 8 heteroatoms. The molecule has 1 amide bonds. The van der Waals surface area contributed by atoms with Crippen LogP contribution >= 0.6 is 34.5 Å². The summed E-state index contributed by atoms with van der Waals surface area (Å²) in [5.74, 6) is -0.803. The van der Waals surface area contributed by atoms with Crippen molar-refractivity contribution in [3.63, 3.8) is 0 Å². The number of halogens is 2. The molecule has 3 rings (SSSR count). The number of hydrogen-bond donors (Lipinski definition) is 1. The van der Waals surface area contributed by atoms with E-state index in [2.05, 4.69) is 10.3 Å². The summed E-state index contributed by atoms with van der Waals surface area (Å²) < 4.78 is 5.95. The van der Waals surface area contributed by atoms with E-state index >= 15 is 0 Å². The topological polar surface area (TPSA) is 68.3 Å². The molecular weight excluding hydrogens is 395 g/mol. The maximum atomic E-state index is 12.4. The van der Waals surface area contributed by atoms with Gasteiger partial charge in [-0.1, -0.05) is 34.5 Å². The maximum Gasteiger partial charge on any atom is 0.338 e. The molecule has 134 valence electrons. The third-order valence-electron chi connectivity index (χ3n) is 3.36. The zero-order chi connectivity index (χ0) is 18.8. The Morgan fingerprint density at radius 1 is 1.15 bits per heavy atom. The van der Waals surface area contributed by atoms with Gasteiger partial charge in [-0.2, -0.15) is 0 Å². The lowest BCUT2D eigenvalue weighted by Gasteiger charge is -2.07. The van der Waals surface area contributed by atoms with E-state index in [0.717, 1.165) is 4.70 Å². The summed E-state index contributed by atoms with van der Waals surface area (Å²) in [4.78, 5) is 28.8. The van der Waals surface area contributed by atoms with Gasteiger partial charge in [-0.05, 0) is 50.2 Å². The Balaban J connectivity index is 1.84. The van der Waals surface area contributed by atoms with Crippen molar-refractivity contribution in [3.8, 4) is 0 Å². The average molecular weight is 409 g/mol. The number of amides is 1. The molecule has 3 aromatic rings. The van der Waals surface area contributed by atoms with Crippen LogP contribution in [0.15, 0.2) is 36.4 Å². The number of nitrogens with one attached hydrogen (secondary N) is 1. The van der Waals surface area contributed by atoms with Gasteiger partial charge in [0.15, 0.2) is 5.13 Å². The van der Waals surface area contributed by atoms with Crippen molar-refractivity contribution in [3.05, 3.63) is 57.6 Å². The number of nitrogens with zero attached hydrogens (tertiary/aromatic N) is 1. The van der Waals surface area contributed by atoms with E-state index in [9.17, 15) is 9.59 Å². The number of carbonyl (C=O) groups excluding carboxylic acids is 2. The summed E-state index contributed by atoms with van der Waals surface area (Å²) in [6, 6.07) is 9.71. The highest BCUT2D eigenvalue weighted by atomic mass is 35.5. The van der Waals surface area contributed by atoms with Crippen molar-refractivity contribution in [1.29, 1.82) is 0 Å². The number of ether oxygens (including phenoxy) is 1. The number of rotatable bonds is 4. The van der Waals surface area contributed by atoms with Crippen LogP contribution in [0.3, 0.4) is 0 Å². The van der Waals surface area contributed by atoms with Crippen LogP contribution in [0, 0.1) is 0 Å². The number of hydrogen-bond acceptors (Lipinski definition) is 5. The smallest absolute Gasteiger partial charge is 0.338 e. The Morgan fingerprint density at radius 2 is 1.92 bits per heavy atom. The fraction of sp³-hybridized carbons (Fsp3) is 0.167. The van der Waals surface area contributed by atoms with Crippen molar-refractivity contribution in [2.24, 2.45) is 0 Å². The molecule has 0 aliphatic rings. The number of thiazole rings is 1. The van der Waals surface area contributed by atoms with Gasteiger partial charge in [0.1, 0.15) is 0 Å². The van der Waals surface area contributed by atoms with E-state index in [4.69, 9.17) is 27.9 Å². The monoisotopic (exact) mass is 408 g/mol. The minimum absolute atomic E-state index is 0.197. The number of anilines is 1. The Hall–Kier alpha value is -2.15. The Morgan fingerprint density at radius 3 is 2.65 bits per heavy atom. The van der Waals surface area contributed by atoms with E-state index in [1.807, 2.05) is 0 Å². The number of fused-ring (bicyclic) bond motifs is 1. The summed E-state index contributed by atoms with van der Waals surface area (Å²) in [6.07, 6.45) is -0.197. The lowest BCUT2D eigenvalue weighted by molar-refractivity contribution is 0.0378. The standard InChI is InChI=1S/C18H14Cl2N2O3S/c1-9(2)25-17(24)10-3-6-14-15(7-10)26-18(21-14)22-16(23)12-8-11(19)4-5-13(12)20/h3-9H,1-2H3,(H,21,22,23). The first-order valence-corrected chi connectivity index (χ1v) is 9.28. The van der Waals surface area contributed by atoms with Crippen LogP contribution < -0.4 is 5.32 Å². The van der Waals surface area contributed by atoms with Crippen LogP contribution in [0.4, 0.5) is 5.13 Å². The molecule has 1 heterocycles. The van der Waals surface area contributed by atoms with Gasteiger partial charge in [-0.15, -0.1) is 0 Å². The first-order chi connectivity index (χ1) is 12.3. The maximum absolute atomic E-state index is 12.4. The second-order valence-electron chi connectivity index (χ2n) is 5.73. The zero-order valence-corrected chi connectivity index (χ0v) is 16.2. The fourth-order valence-electron chi connectivity index (χ4n) is 2.22. The van der Waals surface area contributed by atoms with Gasteiger partial charge in [-0.25, -0.2) is 9.78 Å². The SMILES string of the molecule is CC(C)OC(=O)c1ccc2nc(NC(=O)c3cc(Cl)ccc3Cl)sc2c1. The molecule has 0 bridgehead atoms. The summed E-state index contributed by atoms with van der Waals surface area (Å²) in [5.41, 5.74) is 1.37. The van der Waals surface area contributed by atoms with E-state index in [1.165, 1.54) is 17.4 Å². The molecule has 1 N–H and O–H groups in total. The number of benzene rings is 2. The number of carbonyl (C=O) groups is 2. The minimum atomic E-state index is -0.406. The van der Waals surface area contributed by atoms with Crippen LogP contribution in [0.2, 0.25) is 10.0 Å². The van der Waals surface area contributed by atoms with Crippen molar-refractivity contribution < 1.29 is 14.3 Å². The van der Waals surface area contributed by atoms with Crippen LogP contribution in [-0.4, -0.2) is 23.0 Å². The largest absolute Gasteiger partial charge is 0.459 e. The van der Waals surface area contributed by atoms with E-state index in [0.29, 0.717) is 26.3 Å². The lowest BCUT2D eigenvalue weighted by atomic mass is 10.2. The number of aromatic nitrogens is 1. The quantitative estimate of drug-likeness (QED) is 0.585. The average Bonchev–Trinajstić information content (AvgIpc) is 2.97. The van der Waals surface area contributed by atoms with Crippen molar-refractivity contribution >= 4 is 61.8 Å². The highest BCUT2D eigenvalue weighted by Crippen LogP contribution is 2.28. The molecule has 5 nitrogen and oxygen atoms in total. The van der Waals surface area contributed by atoms with Crippen molar-refractivity contribution in [2.45, 2.75) is 20.0 Å². The van der Waals surface area contributed by atoms with E-state index in [1.54, 1.807) is 44.2 Å². The molecule has 0 saturated heterocycles. The van der Waals surface area contributed by atoms with E-state index in [-0.39, 0.29) is 11.7 Å². The van der Waals surface area contributed by atoms with Gasteiger partial charge in [0, 0.05) is 5.02 Å². The Bertz CT molecular complexity index is 1000. The lowest BCUT2D eigenvalue weighted by Crippen LogP contribution is -2.12. The molecule has 26 heavy (non-hydrogen) atoms. The molecule has 0 saturated carbocycles. The second kappa shape index (κ2) is 7.61. The molecule has 0 fully saturated rings. The predicted octanol–water partition coefficient (Wildman–Crippen LogP) is 5.42. The minimum Gasteiger partial charge on any atom is -0.459 e. The predicted molar refractivity (Wildman–Crippen MR) is 105 cm³/mol. The van der Waals surface area contributed by atoms with Crippen LogP contribution in [0.25, 0.3) is 10.2 Å². The molecule has 0 spiro atoms. The molecular formula is C18H14Cl2N2O3S. The highest BCUT2D eigenvalue weighted by Gasteiger charge is 2.15. The summed E-state index contributed by atoms with van der Waals surface area (Å²) >= 11 is 13.2. The third-order valence-corrected chi connectivity index (χ3v) is 4.86. The first kappa shape index (κ1) is 18.6. The normalized spacial score (nSPS) is 11.0. The van der Waals surface area contributed by atoms with Gasteiger partial charge >= 0.3 is 5.97 Å². The molecule has 0 radical (unpaired) electrons. The van der Waals surface area contributed by atoms with Gasteiger partial charge < -0.3 is 4.74 Å². The van der Waals surface area contributed by atoms with Crippen molar-refractivity contribution in [2.75, 3.05) is 5.32 Å². The third kappa shape index (κ3) is 4.15. The first-order valence-electron chi connectivity index (χ1n) is 7.71. The van der Waals surface area contributed by atoms with Crippen LogP contribution in [-0.2, 0) is 4.74 Å². The van der Waals surface area contributed by atoms with Gasteiger partial charge in [0.05, 0.1) is 32.5 Å². The van der Waals surface area contributed by atoms with Crippen molar-refractivity contribution in [1.82, 2.24) is 4.98 Å². The van der Waals surface area contributed by atoms with Gasteiger partial charge in [0.2, 0.25) is 0 Å². The highest BCUT2D eigenvalue weighted by molar-refractivity contribution is 7.22. The molecule has 0 unspecified atom stereocenters. The molecule has 0 aliphatic carbocycles. The molecule has 1 aromatic heterocycles. The van der Waals surface area contributed by atoms with E-state index < -0.39 is 11.9 Å².